The van der Waals surface area contributed by atoms with E-state index in [4.69, 9.17) is 20.6 Å². The number of carbonyl (C=O) groups excluding carboxylic acids is 1. The third kappa shape index (κ3) is 1.12. The van der Waals surface area contributed by atoms with Gasteiger partial charge < -0.3 is 10.2 Å². The molecule has 0 bridgehead atoms. The highest BCUT2D eigenvalue weighted by molar-refractivity contribution is 5.75. The summed E-state index contributed by atoms with van der Waals surface area (Å²) in [7, 11) is 0. The van der Waals surface area contributed by atoms with E-state index in [1.165, 1.54) is 0 Å². The van der Waals surface area contributed by atoms with E-state index in [-0.39, 0.29) is 10.1 Å². The van der Waals surface area contributed by atoms with E-state index in [0.717, 1.165) is 0 Å². The molecule has 2 amide bonds. The van der Waals surface area contributed by atoms with Crippen LogP contribution in [0, 0.1) is 0 Å². The van der Waals surface area contributed by atoms with Crippen molar-refractivity contribution >= 4 is 6.03 Å². The Labute approximate surface area is 68.0 Å². The molecule has 1 saturated heterocycles. The molecule has 0 aromatic carbocycles. The van der Waals surface area contributed by atoms with Gasteiger partial charge in [-0.25, -0.2) is 4.79 Å². The molecule has 0 aliphatic carbocycles. The Hall–Kier alpha value is -0.890. The fourth-order valence-electron chi connectivity index (χ4n) is 1.11. The Kier molecular flexibility index (Phi) is 2.48. The van der Waals surface area contributed by atoms with Crippen molar-refractivity contribution in [3.05, 3.63) is 0 Å². The summed E-state index contributed by atoms with van der Waals surface area (Å²) in [5.41, 5.74) is 0. The van der Waals surface area contributed by atoms with Crippen molar-refractivity contribution < 1.29 is 25.4 Å². The van der Waals surface area contributed by atoms with Crippen LogP contribution in [0.2, 0.25) is 0 Å². The molecule has 7 nitrogen and oxygen atoms in total. The summed E-state index contributed by atoms with van der Waals surface area (Å²) in [4.78, 5) is 10.8. The van der Waals surface area contributed by atoms with Gasteiger partial charge >= 0.3 is 6.03 Å². The first kappa shape index (κ1) is 9.20. The van der Waals surface area contributed by atoms with Gasteiger partial charge in [0.2, 0.25) is 0 Å². The number of hydroxylamine groups is 4. The summed E-state index contributed by atoms with van der Waals surface area (Å²) in [6, 6.07) is -3.01. The number of urea groups is 1. The van der Waals surface area contributed by atoms with Crippen molar-refractivity contribution in [2.45, 2.75) is 12.1 Å². The first-order chi connectivity index (χ1) is 5.63. The van der Waals surface area contributed by atoms with E-state index in [2.05, 4.69) is 0 Å². The maximum absolute atomic E-state index is 10.8. The highest BCUT2D eigenvalue weighted by Crippen LogP contribution is 2.18. The zero-order valence-electron chi connectivity index (χ0n) is 6.16. The summed E-state index contributed by atoms with van der Waals surface area (Å²) in [5, 5.41) is 35.6. The Balaban J connectivity index is 2.79. The van der Waals surface area contributed by atoms with Gasteiger partial charge in [-0.1, -0.05) is 0 Å². The third-order valence-corrected chi connectivity index (χ3v) is 1.84. The molecule has 1 aliphatic heterocycles. The second kappa shape index (κ2) is 3.23. The molecule has 2 unspecified atom stereocenters. The minimum atomic E-state index is -1.05. The first-order valence-electron chi connectivity index (χ1n) is 3.35. The lowest BCUT2D eigenvalue weighted by molar-refractivity contribution is -0.0791. The van der Waals surface area contributed by atoms with Crippen LogP contribution in [-0.4, -0.2) is 62.1 Å². The first-order valence-corrected chi connectivity index (χ1v) is 3.35. The van der Waals surface area contributed by atoms with Gasteiger partial charge in [0.25, 0.3) is 0 Å². The Bertz CT molecular complexity index is 169. The summed E-state index contributed by atoms with van der Waals surface area (Å²) >= 11 is 0. The average Bonchev–Trinajstić information content (AvgIpc) is 2.29. The van der Waals surface area contributed by atoms with Crippen LogP contribution in [0.1, 0.15) is 0 Å². The molecule has 0 aromatic rings. The molecule has 1 heterocycles. The van der Waals surface area contributed by atoms with Gasteiger partial charge in [-0.05, 0) is 0 Å². The predicted molar refractivity (Wildman–Crippen MR) is 34.4 cm³/mol. The Morgan fingerprint density at radius 3 is 1.67 bits per heavy atom. The topological polar surface area (TPSA) is 104 Å². The van der Waals surface area contributed by atoms with Crippen molar-refractivity contribution in [2.24, 2.45) is 0 Å². The average molecular weight is 178 g/mol. The highest BCUT2D eigenvalue weighted by Gasteiger charge is 2.44. The number of amides is 2. The van der Waals surface area contributed by atoms with Crippen LogP contribution < -0.4 is 0 Å². The van der Waals surface area contributed by atoms with Gasteiger partial charge in [0.15, 0.2) is 0 Å². The van der Waals surface area contributed by atoms with E-state index in [0.29, 0.717) is 0 Å². The molecule has 0 saturated carbocycles. The van der Waals surface area contributed by atoms with Gasteiger partial charge in [-0.2, -0.15) is 10.1 Å². The van der Waals surface area contributed by atoms with Crippen LogP contribution in [-0.2, 0) is 0 Å². The number of rotatable bonds is 2. The number of nitrogens with zero attached hydrogens (tertiary/aromatic N) is 2. The van der Waals surface area contributed by atoms with Crippen LogP contribution in [0.15, 0.2) is 0 Å². The minimum Gasteiger partial charge on any atom is -0.394 e. The normalized spacial score (nSPS) is 30.2. The standard InChI is InChI=1S/C5H10N2O5/c8-1-3-4(2-9)7(12)5(10)6(3)11/h3-4,8-9,11-12H,1-2H2. The molecule has 12 heavy (non-hydrogen) atoms. The zero-order chi connectivity index (χ0) is 9.30. The SMILES string of the molecule is O=C1N(O)C(CO)C(CO)N1O. The van der Waals surface area contributed by atoms with Crippen molar-refractivity contribution in [3.63, 3.8) is 0 Å². The fraction of sp³-hybridized carbons (Fsp3) is 0.800. The van der Waals surface area contributed by atoms with Crippen molar-refractivity contribution in [1.82, 2.24) is 10.1 Å². The molecule has 7 heteroatoms. The smallest absolute Gasteiger partial charge is 0.368 e. The van der Waals surface area contributed by atoms with E-state index < -0.39 is 31.3 Å². The Morgan fingerprint density at radius 2 is 1.42 bits per heavy atom. The lowest BCUT2D eigenvalue weighted by atomic mass is 10.1. The van der Waals surface area contributed by atoms with Crippen LogP contribution in [0.5, 0.6) is 0 Å². The summed E-state index contributed by atoms with van der Waals surface area (Å²) in [6.45, 7) is -1.05. The van der Waals surface area contributed by atoms with Gasteiger partial charge in [0.1, 0.15) is 12.1 Å². The molecule has 1 rings (SSSR count). The van der Waals surface area contributed by atoms with Crippen LogP contribution >= 0.6 is 0 Å². The quantitative estimate of drug-likeness (QED) is 0.374. The van der Waals surface area contributed by atoms with Crippen molar-refractivity contribution in [2.75, 3.05) is 13.2 Å². The van der Waals surface area contributed by atoms with Crippen LogP contribution in [0.4, 0.5) is 4.79 Å². The lowest BCUT2D eigenvalue weighted by Gasteiger charge is -2.17. The minimum absolute atomic E-state index is 0.195. The number of carbonyl (C=O) groups is 1. The molecule has 0 radical (unpaired) electrons. The molecule has 70 valence electrons. The van der Waals surface area contributed by atoms with Crippen LogP contribution in [0.3, 0.4) is 0 Å². The Morgan fingerprint density at radius 1 is 1.08 bits per heavy atom. The molecular weight excluding hydrogens is 168 g/mol. The predicted octanol–water partition coefficient (Wildman–Crippen LogP) is -1.78. The maximum Gasteiger partial charge on any atom is 0.368 e. The molecule has 0 spiro atoms. The summed E-state index contributed by atoms with van der Waals surface area (Å²) in [5.74, 6) is 0. The van der Waals surface area contributed by atoms with Gasteiger partial charge in [0.05, 0.1) is 13.2 Å². The number of aliphatic hydroxyl groups is 2. The maximum atomic E-state index is 10.8. The van der Waals surface area contributed by atoms with E-state index >= 15 is 0 Å². The zero-order valence-corrected chi connectivity index (χ0v) is 6.16. The lowest BCUT2D eigenvalue weighted by Crippen LogP contribution is -2.40. The molecule has 1 aliphatic rings. The van der Waals surface area contributed by atoms with E-state index in [1.807, 2.05) is 0 Å². The molecule has 0 aromatic heterocycles. The largest absolute Gasteiger partial charge is 0.394 e. The van der Waals surface area contributed by atoms with E-state index in [9.17, 15) is 4.79 Å². The van der Waals surface area contributed by atoms with E-state index in [1.54, 1.807) is 0 Å². The number of hydrogen-bond donors (Lipinski definition) is 4. The van der Waals surface area contributed by atoms with Crippen molar-refractivity contribution in [3.8, 4) is 0 Å². The summed E-state index contributed by atoms with van der Waals surface area (Å²) < 4.78 is 0. The monoisotopic (exact) mass is 178 g/mol. The molecule has 4 N–H and O–H groups in total. The van der Waals surface area contributed by atoms with Gasteiger partial charge in [0, 0.05) is 0 Å². The fourth-order valence-corrected chi connectivity index (χ4v) is 1.11. The van der Waals surface area contributed by atoms with Crippen molar-refractivity contribution in [1.29, 1.82) is 0 Å². The third-order valence-electron chi connectivity index (χ3n) is 1.84. The number of hydrogen-bond acceptors (Lipinski definition) is 5. The van der Waals surface area contributed by atoms with Crippen LogP contribution in [0.25, 0.3) is 0 Å². The second-order valence-electron chi connectivity index (χ2n) is 2.47. The van der Waals surface area contributed by atoms with Gasteiger partial charge in [-0.15, -0.1) is 0 Å². The molecular formula is C5H10N2O5. The molecule has 1 fully saturated rings. The number of aliphatic hydroxyl groups excluding tert-OH is 2. The summed E-state index contributed by atoms with van der Waals surface area (Å²) in [6.07, 6.45) is 0. The van der Waals surface area contributed by atoms with Gasteiger partial charge in [-0.3, -0.25) is 10.4 Å². The highest BCUT2D eigenvalue weighted by atomic mass is 16.6. The second-order valence-corrected chi connectivity index (χ2v) is 2.47. The molecule has 2 atom stereocenters.